The van der Waals surface area contributed by atoms with Gasteiger partial charge in [-0.05, 0) is 66.9 Å². The summed E-state index contributed by atoms with van der Waals surface area (Å²) in [4.78, 5) is 34.8. The maximum Gasteiger partial charge on any atom is 0.312 e. The molecule has 4 aromatic rings. The minimum Gasteiger partial charge on any atom is -0.457 e. The van der Waals surface area contributed by atoms with Crippen molar-refractivity contribution in [1.29, 1.82) is 0 Å². The second kappa shape index (κ2) is 8.13. The van der Waals surface area contributed by atoms with Gasteiger partial charge < -0.3 is 9.72 Å². The number of benzene rings is 2. The van der Waals surface area contributed by atoms with Crippen molar-refractivity contribution in [2.75, 3.05) is 0 Å². The molecular formula is C30H28N2O3S. The number of rotatable bonds is 5. The fourth-order valence-electron chi connectivity index (χ4n) is 7.81. The summed E-state index contributed by atoms with van der Waals surface area (Å²) < 4.78 is 5.92. The molecule has 36 heavy (non-hydrogen) atoms. The number of aromatic nitrogens is 2. The van der Waals surface area contributed by atoms with Crippen molar-refractivity contribution in [1.82, 2.24) is 9.97 Å². The zero-order chi connectivity index (χ0) is 24.3. The molecule has 2 aromatic carbocycles. The van der Waals surface area contributed by atoms with Gasteiger partial charge >= 0.3 is 5.97 Å². The molecule has 2 atom stereocenters. The third-order valence-corrected chi connectivity index (χ3v) is 9.67. The summed E-state index contributed by atoms with van der Waals surface area (Å²) in [6.45, 7) is -0.00198. The summed E-state index contributed by atoms with van der Waals surface area (Å²) in [6, 6.07) is 20.6. The molecule has 0 spiro atoms. The summed E-state index contributed by atoms with van der Waals surface area (Å²) in [5.74, 6) is 1.45. The Hall–Kier alpha value is -3.25. The third-order valence-electron chi connectivity index (χ3n) is 8.80. The highest BCUT2D eigenvalue weighted by Crippen LogP contribution is 2.66. The number of aromatic amines is 1. The Morgan fingerprint density at radius 3 is 2.42 bits per heavy atom. The van der Waals surface area contributed by atoms with E-state index in [2.05, 4.69) is 40.3 Å². The van der Waals surface area contributed by atoms with Crippen LogP contribution >= 0.6 is 11.3 Å². The van der Waals surface area contributed by atoms with Gasteiger partial charge in [0, 0.05) is 10.9 Å². The summed E-state index contributed by atoms with van der Waals surface area (Å²) in [5, 5.41) is 2.56. The number of ether oxygens (including phenoxy) is 1. The number of carbonyl (C=O) groups excluding carboxylic acids is 1. The molecule has 6 heteroatoms. The molecule has 0 aliphatic heterocycles. The van der Waals surface area contributed by atoms with Gasteiger partial charge in [-0.15, -0.1) is 11.3 Å². The fourth-order valence-corrected chi connectivity index (χ4v) is 8.78. The van der Waals surface area contributed by atoms with Gasteiger partial charge in [0.05, 0.1) is 10.8 Å². The van der Waals surface area contributed by atoms with Crippen molar-refractivity contribution in [3.63, 3.8) is 0 Å². The number of nitrogens with one attached hydrogen (secondary N) is 1. The van der Waals surface area contributed by atoms with E-state index in [-0.39, 0.29) is 23.6 Å². The van der Waals surface area contributed by atoms with Gasteiger partial charge in [0.1, 0.15) is 17.3 Å². The van der Waals surface area contributed by atoms with Crippen LogP contribution in [0.2, 0.25) is 0 Å². The van der Waals surface area contributed by atoms with Crippen LogP contribution in [0, 0.1) is 17.3 Å². The van der Waals surface area contributed by atoms with Gasteiger partial charge in [-0.3, -0.25) is 9.59 Å². The fraction of sp³-hybridized carbons (Fsp3) is 0.367. The third kappa shape index (κ3) is 3.46. The van der Waals surface area contributed by atoms with Gasteiger partial charge in [0.25, 0.3) is 5.56 Å². The van der Waals surface area contributed by atoms with E-state index < -0.39 is 5.41 Å². The molecule has 0 amide bonds. The molecule has 1 N–H and O–H groups in total. The number of fused-ring (bicyclic) bond motifs is 1. The standard InChI is InChI=1S/C30H28N2O3S/c33-26-25-23(21-7-3-1-4-8-21)17-36-27(25)32-24(31-26)16-35-28(34)30-14-19-11-20(15-30)13-29(12-19,18-30)22-9-5-2-6-10-22/h1-10,17,19-20H,11-16,18H2,(H,31,32,33). The molecule has 8 rings (SSSR count). The van der Waals surface area contributed by atoms with Gasteiger partial charge in [0.15, 0.2) is 0 Å². The van der Waals surface area contributed by atoms with E-state index in [0.29, 0.717) is 27.9 Å². The normalized spacial score (nSPS) is 28.4. The largest absolute Gasteiger partial charge is 0.457 e. The summed E-state index contributed by atoms with van der Waals surface area (Å²) in [5.41, 5.74) is 2.72. The van der Waals surface area contributed by atoms with Gasteiger partial charge in [-0.25, -0.2) is 4.98 Å². The highest BCUT2D eigenvalue weighted by molar-refractivity contribution is 7.17. The van der Waals surface area contributed by atoms with Crippen LogP contribution in [0.5, 0.6) is 0 Å². The van der Waals surface area contributed by atoms with Crippen LogP contribution in [0.3, 0.4) is 0 Å². The first-order valence-corrected chi connectivity index (χ1v) is 13.7. The number of esters is 1. The molecule has 0 radical (unpaired) electrons. The Bertz CT molecular complexity index is 1490. The highest BCUT2D eigenvalue weighted by atomic mass is 32.1. The summed E-state index contributed by atoms with van der Waals surface area (Å²) >= 11 is 1.44. The molecule has 5 nitrogen and oxygen atoms in total. The summed E-state index contributed by atoms with van der Waals surface area (Å²) in [6.07, 6.45) is 6.30. The van der Waals surface area contributed by atoms with Crippen LogP contribution in [0.25, 0.3) is 21.3 Å². The minimum atomic E-state index is -0.423. The second-order valence-electron chi connectivity index (χ2n) is 11.2. The number of H-pyrrole nitrogens is 1. The number of hydrogen-bond donors (Lipinski definition) is 1. The first kappa shape index (κ1) is 22.0. The molecular weight excluding hydrogens is 468 g/mol. The smallest absolute Gasteiger partial charge is 0.312 e. The van der Waals surface area contributed by atoms with E-state index in [1.54, 1.807) is 0 Å². The average Bonchev–Trinajstić information content (AvgIpc) is 3.32. The van der Waals surface area contributed by atoms with Gasteiger partial charge in [-0.2, -0.15) is 0 Å². The van der Waals surface area contributed by atoms with Crippen LogP contribution < -0.4 is 5.56 Å². The quantitative estimate of drug-likeness (QED) is 0.332. The molecule has 4 bridgehead atoms. The Morgan fingerprint density at radius 2 is 1.69 bits per heavy atom. The number of thiophene rings is 1. The number of nitrogens with zero attached hydrogens (tertiary/aromatic N) is 1. The monoisotopic (exact) mass is 496 g/mol. The minimum absolute atomic E-state index is 0.00198. The first-order valence-electron chi connectivity index (χ1n) is 12.8. The molecule has 4 fully saturated rings. The lowest BCUT2D eigenvalue weighted by atomic mass is 9.43. The Balaban J connectivity index is 1.14. The molecule has 4 aliphatic carbocycles. The van der Waals surface area contributed by atoms with Crippen LogP contribution in [-0.4, -0.2) is 15.9 Å². The van der Waals surface area contributed by atoms with Crippen molar-refractivity contribution < 1.29 is 9.53 Å². The topological polar surface area (TPSA) is 72.0 Å². The maximum atomic E-state index is 13.6. The summed E-state index contributed by atoms with van der Waals surface area (Å²) in [7, 11) is 0. The van der Waals surface area contributed by atoms with Gasteiger partial charge in [0.2, 0.25) is 0 Å². The number of hydrogen-bond acceptors (Lipinski definition) is 5. The molecule has 4 aliphatic rings. The van der Waals surface area contributed by atoms with E-state index in [0.717, 1.165) is 30.4 Å². The van der Waals surface area contributed by atoms with Crippen molar-refractivity contribution in [3.8, 4) is 11.1 Å². The molecule has 182 valence electrons. The van der Waals surface area contributed by atoms with E-state index in [1.807, 2.05) is 35.7 Å². The Labute approximate surface area is 213 Å². The highest BCUT2D eigenvalue weighted by Gasteiger charge is 2.61. The Kier molecular flexibility index (Phi) is 4.97. The second-order valence-corrected chi connectivity index (χ2v) is 12.0. The maximum absolute atomic E-state index is 13.6. The van der Waals surface area contributed by atoms with Crippen LogP contribution in [0.1, 0.15) is 49.9 Å². The number of carbonyl (C=O) groups is 1. The van der Waals surface area contributed by atoms with Crippen LogP contribution in [0.15, 0.2) is 70.8 Å². The molecule has 2 heterocycles. The van der Waals surface area contributed by atoms with E-state index >= 15 is 0 Å². The predicted molar refractivity (Wildman–Crippen MR) is 141 cm³/mol. The van der Waals surface area contributed by atoms with Crippen molar-refractivity contribution in [3.05, 3.63) is 87.8 Å². The van der Waals surface area contributed by atoms with E-state index in [4.69, 9.17) is 4.74 Å². The van der Waals surface area contributed by atoms with E-state index in [9.17, 15) is 9.59 Å². The van der Waals surface area contributed by atoms with Crippen molar-refractivity contribution in [2.45, 2.75) is 50.5 Å². The van der Waals surface area contributed by atoms with Crippen molar-refractivity contribution in [2.24, 2.45) is 17.3 Å². The van der Waals surface area contributed by atoms with Crippen molar-refractivity contribution >= 4 is 27.5 Å². The molecule has 4 saturated carbocycles. The van der Waals surface area contributed by atoms with E-state index in [1.165, 1.54) is 36.2 Å². The molecule has 0 saturated heterocycles. The average molecular weight is 497 g/mol. The van der Waals surface area contributed by atoms with Crippen LogP contribution in [-0.2, 0) is 21.6 Å². The molecule has 2 unspecified atom stereocenters. The predicted octanol–water partition coefficient (Wildman–Crippen LogP) is 6.23. The Morgan fingerprint density at radius 1 is 1.00 bits per heavy atom. The molecule has 2 aromatic heterocycles. The first-order chi connectivity index (χ1) is 17.5. The lowest BCUT2D eigenvalue weighted by Crippen LogP contribution is -2.57. The zero-order valence-corrected chi connectivity index (χ0v) is 20.9. The SMILES string of the molecule is O=C(OCc1nc2scc(-c3ccccc3)c2c(=O)[nH]1)C12CC3CC(C1)CC(c1ccccc1)(C3)C2. The van der Waals surface area contributed by atoms with Gasteiger partial charge in [-0.1, -0.05) is 60.7 Å². The zero-order valence-electron chi connectivity index (χ0n) is 20.0. The lowest BCUT2D eigenvalue weighted by molar-refractivity contribution is -0.175. The lowest BCUT2D eigenvalue weighted by Gasteiger charge is -2.61. The van der Waals surface area contributed by atoms with Crippen LogP contribution in [0.4, 0.5) is 0 Å².